The van der Waals surface area contributed by atoms with Gasteiger partial charge in [0.15, 0.2) is 5.75 Å². The molecule has 5 heterocycles. The Morgan fingerprint density at radius 3 is 2.07 bits per heavy atom. The van der Waals surface area contributed by atoms with E-state index in [0.717, 1.165) is 73.9 Å². The van der Waals surface area contributed by atoms with Crippen LogP contribution in [-0.2, 0) is 16.2 Å². The smallest absolute Gasteiger partial charge is 0.333 e. The van der Waals surface area contributed by atoms with Crippen molar-refractivity contribution in [1.29, 1.82) is 0 Å². The Kier molecular flexibility index (Phi) is 6.46. The van der Waals surface area contributed by atoms with Crippen molar-refractivity contribution in [2.24, 2.45) is 0 Å². The summed E-state index contributed by atoms with van der Waals surface area (Å²) in [6.45, 7) is 16.5. The zero-order valence-electron chi connectivity index (χ0n) is 35.2. The molecule has 5 aliphatic rings. The number of hydrogen-bond donors (Lipinski definition) is 0. The standard InChI is InChI=1S/C54H45BN2O3/c1-30-25-35-36(53(4,5)24-23-52(35,2)3)27-40(30)56-41-28-37-47(58-44-20-12-9-17-34(44)54(37,6)7)29-38(41)55-49-42(56)26-33-31-15-8-11-19-43(31)60-51(33)48(49)32-16-14-22-46-50(32)57(55)39-18-10-13-21-45(39)59-46/h8-22,25-29H,23-24H2,1-7H3. The zero-order valence-corrected chi connectivity index (χ0v) is 35.2. The number of furan rings is 1. The van der Waals surface area contributed by atoms with Crippen molar-refractivity contribution in [3.05, 3.63) is 149 Å². The van der Waals surface area contributed by atoms with Crippen LogP contribution in [0.15, 0.2) is 126 Å². The Morgan fingerprint density at radius 1 is 0.550 bits per heavy atom. The summed E-state index contributed by atoms with van der Waals surface area (Å²) in [5.74, 6) is 3.50. The maximum atomic E-state index is 7.01. The van der Waals surface area contributed by atoms with E-state index in [1.54, 1.807) is 0 Å². The Hall–Kier alpha value is -6.40. The molecule has 0 spiro atoms. The van der Waals surface area contributed by atoms with E-state index >= 15 is 0 Å². The van der Waals surface area contributed by atoms with Crippen LogP contribution in [0.5, 0.6) is 23.0 Å². The molecule has 60 heavy (non-hydrogen) atoms. The second-order valence-corrected chi connectivity index (χ2v) is 19.6. The number of rotatable bonds is 1. The van der Waals surface area contributed by atoms with Crippen molar-refractivity contribution in [3.8, 4) is 34.1 Å². The van der Waals surface area contributed by atoms with Crippen molar-refractivity contribution in [2.45, 2.75) is 77.6 Å². The highest BCUT2D eigenvalue weighted by atomic mass is 16.5. The molecule has 0 unspecified atom stereocenters. The predicted octanol–water partition coefficient (Wildman–Crippen LogP) is 13.5. The number of hydrogen-bond acceptors (Lipinski definition) is 5. The Balaban J connectivity index is 1.21. The average Bonchev–Trinajstić information content (AvgIpc) is 3.61. The molecule has 0 amide bonds. The third kappa shape index (κ3) is 4.29. The number of anilines is 5. The van der Waals surface area contributed by atoms with Gasteiger partial charge in [0.2, 0.25) is 0 Å². The van der Waals surface area contributed by atoms with E-state index in [1.807, 2.05) is 0 Å². The molecular formula is C54H45BN2O3. The topological polar surface area (TPSA) is 38.1 Å². The van der Waals surface area contributed by atoms with E-state index in [0.29, 0.717) is 0 Å². The van der Waals surface area contributed by atoms with Crippen LogP contribution in [0.2, 0.25) is 0 Å². The van der Waals surface area contributed by atoms with Crippen molar-refractivity contribution in [3.63, 3.8) is 0 Å². The fourth-order valence-corrected chi connectivity index (χ4v) is 11.6. The van der Waals surface area contributed by atoms with Crippen molar-refractivity contribution in [2.75, 3.05) is 9.71 Å². The largest absolute Gasteiger partial charge is 0.457 e. The molecule has 292 valence electrons. The van der Waals surface area contributed by atoms with Crippen LogP contribution in [0.1, 0.15) is 82.2 Å². The fourth-order valence-electron chi connectivity index (χ4n) is 11.6. The Labute approximate surface area is 351 Å². The van der Waals surface area contributed by atoms with Gasteiger partial charge in [-0.1, -0.05) is 108 Å². The molecule has 8 aromatic rings. The van der Waals surface area contributed by atoms with Gasteiger partial charge in [0.1, 0.15) is 28.4 Å². The number of ether oxygens (including phenoxy) is 2. The molecule has 13 rings (SSSR count). The second-order valence-electron chi connectivity index (χ2n) is 19.6. The molecule has 0 radical (unpaired) electrons. The van der Waals surface area contributed by atoms with Crippen molar-refractivity contribution < 1.29 is 13.9 Å². The van der Waals surface area contributed by atoms with Gasteiger partial charge in [-0.25, -0.2) is 0 Å². The molecule has 0 N–H and O–H groups in total. The van der Waals surface area contributed by atoms with Crippen molar-refractivity contribution in [1.82, 2.24) is 0 Å². The van der Waals surface area contributed by atoms with E-state index < -0.39 is 0 Å². The summed E-state index contributed by atoms with van der Waals surface area (Å²) in [7, 11) is 0. The van der Waals surface area contributed by atoms with Gasteiger partial charge in [-0.3, -0.25) is 0 Å². The minimum absolute atomic E-state index is 0.0286. The van der Waals surface area contributed by atoms with Crippen LogP contribution in [0.4, 0.5) is 28.4 Å². The van der Waals surface area contributed by atoms with Gasteiger partial charge in [0, 0.05) is 55.5 Å². The van der Waals surface area contributed by atoms with E-state index in [1.165, 1.54) is 62.2 Å². The Morgan fingerprint density at radius 2 is 1.23 bits per heavy atom. The molecule has 1 aromatic heterocycles. The number of para-hydroxylation sites is 5. The first-order chi connectivity index (χ1) is 28.9. The monoisotopic (exact) mass is 780 g/mol. The van der Waals surface area contributed by atoms with Gasteiger partial charge < -0.3 is 23.6 Å². The van der Waals surface area contributed by atoms with Gasteiger partial charge in [-0.05, 0) is 113 Å². The van der Waals surface area contributed by atoms with Crippen LogP contribution in [0.25, 0.3) is 33.1 Å². The van der Waals surface area contributed by atoms with Gasteiger partial charge in [0.25, 0.3) is 0 Å². The summed E-state index contributed by atoms with van der Waals surface area (Å²) < 4.78 is 20.8. The summed E-state index contributed by atoms with van der Waals surface area (Å²) in [5, 5.41) is 2.23. The lowest BCUT2D eigenvalue weighted by molar-refractivity contribution is 0.332. The van der Waals surface area contributed by atoms with Crippen molar-refractivity contribution >= 4 is 68.1 Å². The van der Waals surface area contributed by atoms with E-state index in [4.69, 9.17) is 13.9 Å². The van der Waals surface area contributed by atoms with Crippen LogP contribution in [0.3, 0.4) is 0 Å². The second kappa shape index (κ2) is 11.2. The highest BCUT2D eigenvalue weighted by Gasteiger charge is 2.51. The summed E-state index contributed by atoms with van der Waals surface area (Å²) in [4.78, 5) is 5.15. The summed E-state index contributed by atoms with van der Waals surface area (Å²) in [6, 6.07) is 44.3. The Bertz CT molecular complexity index is 3240. The number of benzene rings is 7. The van der Waals surface area contributed by atoms with E-state index in [9.17, 15) is 0 Å². The fraction of sp³-hybridized carbons (Fsp3) is 0.222. The number of nitrogens with zero attached hydrogens (tertiary/aromatic N) is 2. The highest BCUT2D eigenvalue weighted by molar-refractivity contribution is 6.94. The van der Waals surface area contributed by atoms with Crippen LogP contribution in [0, 0.1) is 6.92 Å². The van der Waals surface area contributed by atoms with E-state index in [-0.39, 0.29) is 23.1 Å². The maximum Gasteiger partial charge on any atom is 0.333 e. The SMILES string of the molecule is Cc1cc2c(cc1N1c3cc4c(cc3B3c5c1cc1c(oc6ccccc61)c5-c1cccc5c1N3c1ccccc1O5)Oc1ccccc1C4(C)C)C(C)(C)CCC2(C)C. The van der Waals surface area contributed by atoms with Crippen LogP contribution >= 0.6 is 0 Å². The molecule has 4 aliphatic heterocycles. The minimum Gasteiger partial charge on any atom is -0.457 e. The quantitative estimate of drug-likeness (QED) is 0.155. The van der Waals surface area contributed by atoms with Gasteiger partial charge in [-0.15, -0.1) is 0 Å². The number of fused-ring (bicyclic) bond motifs is 13. The lowest BCUT2D eigenvalue weighted by Crippen LogP contribution is -2.62. The summed E-state index contributed by atoms with van der Waals surface area (Å²) in [6.07, 6.45) is 2.31. The van der Waals surface area contributed by atoms with Gasteiger partial charge >= 0.3 is 6.85 Å². The number of aryl methyl sites for hydroxylation is 1. The molecule has 0 saturated carbocycles. The molecule has 1 aliphatic carbocycles. The van der Waals surface area contributed by atoms with Gasteiger partial charge in [0.05, 0.1) is 11.4 Å². The zero-order chi connectivity index (χ0) is 40.6. The first kappa shape index (κ1) is 34.5. The molecular weight excluding hydrogens is 735 g/mol. The summed E-state index contributed by atoms with van der Waals surface area (Å²) in [5.41, 5.74) is 18.5. The lowest BCUT2D eigenvalue weighted by Gasteiger charge is -2.49. The first-order valence-electron chi connectivity index (χ1n) is 21.5. The molecule has 0 atom stereocenters. The molecule has 0 fully saturated rings. The normalized spacial score (nSPS) is 17.7. The van der Waals surface area contributed by atoms with Crippen LogP contribution in [-0.4, -0.2) is 6.85 Å². The van der Waals surface area contributed by atoms with Gasteiger partial charge in [-0.2, -0.15) is 0 Å². The average molecular weight is 781 g/mol. The first-order valence-corrected chi connectivity index (χ1v) is 21.5. The van der Waals surface area contributed by atoms with E-state index in [2.05, 4.69) is 180 Å². The lowest BCUT2D eigenvalue weighted by atomic mass is 9.43. The third-order valence-electron chi connectivity index (χ3n) is 14.8. The molecule has 0 saturated heterocycles. The molecule has 0 bridgehead atoms. The molecule has 6 heteroatoms. The van der Waals surface area contributed by atoms with Crippen LogP contribution < -0.4 is 30.1 Å². The summed E-state index contributed by atoms with van der Waals surface area (Å²) >= 11 is 0. The predicted molar refractivity (Wildman–Crippen MR) is 246 cm³/mol. The molecule has 7 aromatic carbocycles. The maximum absolute atomic E-state index is 7.01. The highest BCUT2D eigenvalue weighted by Crippen LogP contribution is 2.59. The molecule has 5 nitrogen and oxygen atoms in total. The minimum atomic E-state index is -0.310. The third-order valence-corrected chi connectivity index (χ3v) is 14.8.